The Balaban J connectivity index is 3.68. The van der Waals surface area contributed by atoms with Gasteiger partial charge in [0.05, 0.1) is 0 Å². The number of nitrogens with zero attached hydrogens (tertiary/aromatic N) is 1. The van der Waals surface area contributed by atoms with E-state index in [1.165, 1.54) is 6.08 Å². The summed E-state index contributed by atoms with van der Waals surface area (Å²) in [5.74, 6) is -0.256. The van der Waals surface area contributed by atoms with Crippen LogP contribution in [0, 0.1) is 0 Å². The summed E-state index contributed by atoms with van der Waals surface area (Å²) in [4.78, 5) is 23.7. The molecule has 4 nitrogen and oxygen atoms in total. The maximum Gasteiger partial charge on any atom is 0.248 e. The van der Waals surface area contributed by atoms with Gasteiger partial charge in [0.25, 0.3) is 0 Å². The molecule has 1 N–H and O–H groups in total. The Bertz CT molecular complexity index is 272. The van der Waals surface area contributed by atoms with Gasteiger partial charge in [0, 0.05) is 25.7 Å². The second kappa shape index (κ2) is 6.81. The maximum atomic E-state index is 11.3. The van der Waals surface area contributed by atoms with Crippen LogP contribution in [0.2, 0.25) is 0 Å². The van der Waals surface area contributed by atoms with E-state index >= 15 is 0 Å². The van der Waals surface area contributed by atoms with E-state index in [4.69, 9.17) is 0 Å². The van der Waals surface area contributed by atoms with E-state index in [9.17, 15) is 9.59 Å². The summed E-state index contributed by atoms with van der Waals surface area (Å²) in [6.07, 6.45) is 1.94. The van der Waals surface area contributed by atoms with Crippen LogP contribution in [0.3, 0.4) is 0 Å². The molecule has 0 spiro atoms. The number of hydrogen-bond acceptors (Lipinski definition) is 2. The van der Waals surface area contributed by atoms with Crippen LogP contribution < -0.4 is 5.32 Å². The van der Waals surface area contributed by atoms with E-state index in [0.717, 1.165) is 6.42 Å². The zero-order valence-electron chi connectivity index (χ0n) is 9.38. The second-order valence-corrected chi connectivity index (χ2v) is 3.36. The highest BCUT2D eigenvalue weighted by atomic mass is 16.2. The molecule has 0 aromatic carbocycles. The lowest BCUT2D eigenvalue weighted by molar-refractivity contribution is -0.125. The quantitative estimate of drug-likeness (QED) is 0.518. The fraction of sp³-hybridized carbons (Fsp3) is 0.455. The van der Waals surface area contributed by atoms with Crippen molar-refractivity contribution in [3.8, 4) is 0 Å². The monoisotopic (exact) mass is 210 g/mol. The van der Waals surface area contributed by atoms with Crippen molar-refractivity contribution in [2.75, 3.05) is 20.1 Å². The zero-order valence-corrected chi connectivity index (χ0v) is 9.38. The van der Waals surface area contributed by atoms with Crippen molar-refractivity contribution in [1.82, 2.24) is 10.2 Å². The van der Waals surface area contributed by atoms with Crippen LogP contribution in [-0.4, -0.2) is 36.9 Å². The molecule has 84 valence electrons. The van der Waals surface area contributed by atoms with Crippen molar-refractivity contribution in [3.05, 3.63) is 24.8 Å². The first-order valence-electron chi connectivity index (χ1n) is 4.80. The highest BCUT2D eigenvalue weighted by molar-refractivity contribution is 5.91. The summed E-state index contributed by atoms with van der Waals surface area (Å²) < 4.78 is 0. The molecule has 0 atom stereocenters. The summed E-state index contributed by atoms with van der Waals surface area (Å²) in [5, 5.41) is 2.64. The van der Waals surface area contributed by atoms with Crippen LogP contribution in [0.4, 0.5) is 0 Å². The zero-order chi connectivity index (χ0) is 11.8. The van der Waals surface area contributed by atoms with Gasteiger partial charge >= 0.3 is 0 Å². The van der Waals surface area contributed by atoms with E-state index in [1.807, 2.05) is 0 Å². The minimum Gasteiger partial charge on any atom is -0.353 e. The Morgan fingerprint density at radius 2 is 2.07 bits per heavy atom. The summed E-state index contributed by atoms with van der Waals surface area (Å²) in [6, 6.07) is 0. The molecule has 0 aliphatic heterocycles. The topological polar surface area (TPSA) is 49.4 Å². The van der Waals surface area contributed by atoms with Gasteiger partial charge in [-0.1, -0.05) is 13.2 Å². The molecule has 0 aliphatic carbocycles. The molecule has 4 heteroatoms. The molecule has 0 rings (SSSR count). The highest BCUT2D eigenvalue weighted by Gasteiger charge is 2.07. The van der Waals surface area contributed by atoms with Crippen molar-refractivity contribution in [2.45, 2.75) is 13.3 Å². The van der Waals surface area contributed by atoms with E-state index < -0.39 is 0 Å². The van der Waals surface area contributed by atoms with Crippen molar-refractivity contribution in [1.29, 1.82) is 0 Å². The summed E-state index contributed by atoms with van der Waals surface area (Å²) >= 11 is 0. The predicted molar refractivity (Wildman–Crippen MR) is 60.3 cm³/mol. The molecule has 0 fully saturated rings. The normalized spacial score (nSPS) is 9.20. The van der Waals surface area contributed by atoms with Crippen LogP contribution >= 0.6 is 0 Å². The van der Waals surface area contributed by atoms with E-state index in [-0.39, 0.29) is 11.8 Å². The number of hydrogen-bond donors (Lipinski definition) is 1. The van der Waals surface area contributed by atoms with Gasteiger partial charge in [-0.05, 0) is 19.4 Å². The lowest BCUT2D eigenvalue weighted by atomic mass is 10.3. The Hall–Kier alpha value is -1.58. The second-order valence-electron chi connectivity index (χ2n) is 3.36. The minimum atomic E-state index is -0.191. The molecule has 0 aromatic heterocycles. The van der Waals surface area contributed by atoms with Crippen molar-refractivity contribution >= 4 is 11.8 Å². The molecule has 0 unspecified atom stereocenters. The average molecular weight is 210 g/mol. The molecule has 0 aliphatic rings. The molecule has 0 radical (unpaired) electrons. The summed E-state index contributed by atoms with van der Waals surface area (Å²) in [6.45, 7) is 9.73. The minimum absolute atomic E-state index is 0.0648. The third kappa shape index (κ3) is 5.67. The number of rotatable bonds is 6. The van der Waals surface area contributed by atoms with Gasteiger partial charge in [0.2, 0.25) is 11.8 Å². The van der Waals surface area contributed by atoms with E-state index in [0.29, 0.717) is 18.7 Å². The average Bonchev–Trinajstić information content (AvgIpc) is 2.22. The van der Waals surface area contributed by atoms with Gasteiger partial charge in [-0.2, -0.15) is 0 Å². The third-order valence-electron chi connectivity index (χ3n) is 1.87. The Morgan fingerprint density at radius 1 is 1.47 bits per heavy atom. The molecule has 2 amide bonds. The van der Waals surface area contributed by atoms with Gasteiger partial charge in [-0.3, -0.25) is 9.59 Å². The molecule has 0 saturated carbocycles. The summed E-state index contributed by atoms with van der Waals surface area (Å²) in [7, 11) is 1.71. The fourth-order valence-electron chi connectivity index (χ4n) is 1.03. The molecular formula is C11H18N2O2. The first-order valence-corrected chi connectivity index (χ1v) is 4.80. The predicted octanol–water partition coefficient (Wildman–Crippen LogP) is 0.713. The number of amides is 2. The molecular weight excluding hydrogens is 192 g/mol. The van der Waals surface area contributed by atoms with Gasteiger partial charge < -0.3 is 10.2 Å². The van der Waals surface area contributed by atoms with Gasteiger partial charge in [0.1, 0.15) is 0 Å². The Labute approximate surface area is 90.6 Å². The maximum absolute atomic E-state index is 11.3. The first-order chi connectivity index (χ1) is 6.99. The van der Waals surface area contributed by atoms with Gasteiger partial charge in [-0.15, -0.1) is 0 Å². The Morgan fingerprint density at radius 3 is 2.53 bits per heavy atom. The molecule has 0 saturated heterocycles. The van der Waals surface area contributed by atoms with Crippen molar-refractivity contribution in [3.63, 3.8) is 0 Å². The number of carbonyl (C=O) groups excluding carboxylic acids is 2. The van der Waals surface area contributed by atoms with E-state index in [1.54, 1.807) is 18.9 Å². The molecule has 0 aromatic rings. The lowest BCUT2D eigenvalue weighted by Crippen LogP contribution is -2.31. The van der Waals surface area contributed by atoms with Crippen LogP contribution in [0.5, 0.6) is 0 Å². The number of nitrogens with one attached hydrogen (secondary N) is 1. The largest absolute Gasteiger partial charge is 0.353 e. The number of carbonyl (C=O) groups is 2. The van der Waals surface area contributed by atoms with Crippen LogP contribution in [-0.2, 0) is 9.59 Å². The SMILES string of the molecule is C=CC(=O)NCCCN(C)C(=O)C(=C)C. The van der Waals surface area contributed by atoms with Crippen molar-refractivity contribution < 1.29 is 9.59 Å². The van der Waals surface area contributed by atoms with Crippen LogP contribution in [0.1, 0.15) is 13.3 Å². The first kappa shape index (κ1) is 13.4. The number of likely N-dealkylation sites (N-methyl/N-ethyl adjacent to an activating group) is 1. The Kier molecular flexibility index (Phi) is 6.09. The van der Waals surface area contributed by atoms with E-state index in [2.05, 4.69) is 18.5 Å². The summed E-state index contributed by atoms with van der Waals surface area (Å²) in [5.41, 5.74) is 0.521. The van der Waals surface area contributed by atoms with Gasteiger partial charge in [0.15, 0.2) is 0 Å². The van der Waals surface area contributed by atoms with Crippen molar-refractivity contribution in [2.24, 2.45) is 0 Å². The molecule has 15 heavy (non-hydrogen) atoms. The van der Waals surface area contributed by atoms with Gasteiger partial charge in [-0.25, -0.2) is 0 Å². The van der Waals surface area contributed by atoms with Crippen LogP contribution in [0.25, 0.3) is 0 Å². The standard InChI is InChI=1S/C11H18N2O2/c1-5-10(14)12-7-6-8-13(4)11(15)9(2)3/h5H,1-2,6-8H2,3-4H3,(H,12,14). The molecule has 0 heterocycles. The lowest BCUT2D eigenvalue weighted by Gasteiger charge is -2.16. The van der Waals surface area contributed by atoms with Crippen LogP contribution in [0.15, 0.2) is 24.8 Å². The highest BCUT2D eigenvalue weighted by Crippen LogP contribution is 1.96. The molecule has 0 bridgehead atoms. The third-order valence-corrected chi connectivity index (χ3v) is 1.87. The fourth-order valence-corrected chi connectivity index (χ4v) is 1.03. The smallest absolute Gasteiger partial charge is 0.248 e.